The Morgan fingerprint density at radius 2 is 1.39 bits per heavy atom. The molecule has 0 amide bonds. The molecule has 0 fully saturated rings. The molecule has 0 radical (unpaired) electrons. The SMILES string of the molecule is Cc1ccc(-c2cc(-c3ccc(C)cc3)c(C#N)c(Cl)n2)cc1. The van der Waals surface area contributed by atoms with Crippen molar-refractivity contribution in [2.45, 2.75) is 13.8 Å². The number of hydrogen-bond acceptors (Lipinski definition) is 2. The number of aromatic nitrogens is 1. The number of hydrogen-bond donors (Lipinski definition) is 0. The quantitative estimate of drug-likeness (QED) is 0.580. The average Bonchev–Trinajstić information content (AvgIpc) is 2.55. The zero-order chi connectivity index (χ0) is 16.4. The molecule has 0 aliphatic rings. The second kappa shape index (κ2) is 6.24. The Hall–Kier alpha value is -2.63. The molecule has 0 unspecified atom stereocenters. The maximum atomic E-state index is 9.44. The summed E-state index contributed by atoms with van der Waals surface area (Å²) in [4.78, 5) is 4.39. The lowest BCUT2D eigenvalue weighted by Crippen LogP contribution is -1.93. The number of benzene rings is 2. The molecule has 0 aliphatic heterocycles. The van der Waals surface area contributed by atoms with Crippen LogP contribution in [0.3, 0.4) is 0 Å². The molecule has 3 heteroatoms. The van der Waals surface area contributed by atoms with E-state index < -0.39 is 0 Å². The van der Waals surface area contributed by atoms with Crippen molar-refractivity contribution in [1.82, 2.24) is 4.98 Å². The van der Waals surface area contributed by atoms with E-state index in [4.69, 9.17) is 11.6 Å². The Kier molecular flexibility index (Phi) is 4.14. The van der Waals surface area contributed by atoms with Gasteiger partial charge in [0.2, 0.25) is 0 Å². The lowest BCUT2D eigenvalue weighted by atomic mass is 9.98. The summed E-state index contributed by atoms with van der Waals surface area (Å²) in [7, 11) is 0. The lowest BCUT2D eigenvalue weighted by molar-refractivity contribution is 1.29. The number of pyridine rings is 1. The third kappa shape index (κ3) is 3.11. The summed E-state index contributed by atoms with van der Waals surface area (Å²) in [6.45, 7) is 4.08. The smallest absolute Gasteiger partial charge is 0.148 e. The molecule has 0 saturated carbocycles. The van der Waals surface area contributed by atoms with Crippen LogP contribution in [0.2, 0.25) is 5.15 Å². The molecule has 0 N–H and O–H groups in total. The first-order valence-corrected chi connectivity index (χ1v) is 7.71. The van der Waals surface area contributed by atoms with E-state index in [2.05, 4.69) is 11.1 Å². The second-order valence-corrected chi connectivity index (χ2v) is 5.92. The highest BCUT2D eigenvalue weighted by molar-refractivity contribution is 6.31. The zero-order valence-electron chi connectivity index (χ0n) is 13.0. The second-order valence-electron chi connectivity index (χ2n) is 5.56. The van der Waals surface area contributed by atoms with Crippen LogP contribution < -0.4 is 0 Å². The van der Waals surface area contributed by atoms with Gasteiger partial charge in [-0.1, -0.05) is 71.3 Å². The van der Waals surface area contributed by atoms with E-state index >= 15 is 0 Å². The summed E-state index contributed by atoms with van der Waals surface area (Å²) in [5.41, 5.74) is 6.29. The van der Waals surface area contributed by atoms with Gasteiger partial charge in [-0.05, 0) is 25.5 Å². The summed E-state index contributed by atoms with van der Waals surface area (Å²) >= 11 is 6.26. The van der Waals surface area contributed by atoms with Crippen LogP contribution in [0, 0.1) is 25.2 Å². The molecule has 3 aromatic rings. The third-order valence-electron chi connectivity index (χ3n) is 3.80. The predicted octanol–water partition coefficient (Wildman–Crippen LogP) is 5.56. The van der Waals surface area contributed by atoms with Crippen LogP contribution in [0.15, 0.2) is 54.6 Å². The molecule has 0 saturated heterocycles. The van der Waals surface area contributed by atoms with E-state index in [0.717, 1.165) is 22.4 Å². The number of nitriles is 1. The molecule has 23 heavy (non-hydrogen) atoms. The molecule has 2 nitrogen and oxygen atoms in total. The van der Waals surface area contributed by atoms with Crippen molar-refractivity contribution < 1.29 is 0 Å². The molecule has 1 aromatic heterocycles. The molecule has 0 bridgehead atoms. The minimum absolute atomic E-state index is 0.237. The van der Waals surface area contributed by atoms with E-state index in [0.29, 0.717) is 5.56 Å². The molecule has 0 atom stereocenters. The van der Waals surface area contributed by atoms with Crippen LogP contribution in [0.4, 0.5) is 0 Å². The molecule has 2 aromatic carbocycles. The number of rotatable bonds is 2. The maximum absolute atomic E-state index is 9.44. The number of nitrogens with zero attached hydrogens (tertiary/aromatic N) is 2. The maximum Gasteiger partial charge on any atom is 0.148 e. The lowest BCUT2D eigenvalue weighted by Gasteiger charge is -2.10. The topological polar surface area (TPSA) is 36.7 Å². The van der Waals surface area contributed by atoms with Crippen molar-refractivity contribution in [2.75, 3.05) is 0 Å². The minimum Gasteiger partial charge on any atom is -0.235 e. The fourth-order valence-corrected chi connectivity index (χ4v) is 2.69. The fraction of sp³-hybridized carbons (Fsp3) is 0.100. The van der Waals surface area contributed by atoms with Crippen LogP contribution >= 0.6 is 11.6 Å². The highest BCUT2D eigenvalue weighted by atomic mass is 35.5. The highest BCUT2D eigenvalue weighted by Gasteiger charge is 2.13. The number of halogens is 1. The Morgan fingerprint density at radius 1 is 0.870 bits per heavy atom. The highest BCUT2D eigenvalue weighted by Crippen LogP contribution is 2.32. The largest absolute Gasteiger partial charge is 0.235 e. The minimum atomic E-state index is 0.237. The van der Waals surface area contributed by atoms with Gasteiger partial charge in [0.25, 0.3) is 0 Å². The fourth-order valence-electron chi connectivity index (χ4n) is 2.45. The van der Waals surface area contributed by atoms with E-state index in [9.17, 15) is 5.26 Å². The van der Waals surface area contributed by atoms with Gasteiger partial charge in [-0.3, -0.25) is 0 Å². The van der Waals surface area contributed by atoms with Gasteiger partial charge >= 0.3 is 0 Å². The summed E-state index contributed by atoms with van der Waals surface area (Å²) in [6, 6.07) is 20.2. The first-order chi connectivity index (χ1) is 11.1. The van der Waals surface area contributed by atoms with Gasteiger partial charge in [-0.25, -0.2) is 4.98 Å². The monoisotopic (exact) mass is 318 g/mol. The molecule has 0 spiro atoms. The Morgan fingerprint density at radius 3 is 1.91 bits per heavy atom. The van der Waals surface area contributed by atoms with Crippen LogP contribution in [0.25, 0.3) is 22.4 Å². The molecule has 1 heterocycles. The molecule has 3 rings (SSSR count). The molecular formula is C20H15ClN2. The van der Waals surface area contributed by atoms with Gasteiger partial charge in [0.15, 0.2) is 0 Å². The third-order valence-corrected chi connectivity index (χ3v) is 4.07. The van der Waals surface area contributed by atoms with E-state index in [1.54, 1.807) is 0 Å². The van der Waals surface area contributed by atoms with Crippen LogP contribution in [0.5, 0.6) is 0 Å². The van der Waals surface area contributed by atoms with Crippen LogP contribution in [-0.2, 0) is 0 Å². The summed E-state index contributed by atoms with van der Waals surface area (Å²) in [5, 5.41) is 9.68. The van der Waals surface area contributed by atoms with Gasteiger partial charge in [0.05, 0.1) is 11.3 Å². The average molecular weight is 319 g/mol. The van der Waals surface area contributed by atoms with Crippen molar-refractivity contribution >= 4 is 11.6 Å². The van der Waals surface area contributed by atoms with Crippen molar-refractivity contribution in [1.29, 1.82) is 5.26 Å². The van der Waals surface area contributed by atoms with Crippen molar-refractivity contribution in [2.24, 2.45) is 0 Å². The summed E-state index contributed by atoms with van der Waals surface area (Å²) < 4.78 is 0. The van der Waals surface area contributed by atoms with E-state index in [1.807, 2.05) is 68.4 Å². The van der Waals surface area contributed by atoms with Gasteiger partial charge < -0.3 is 0 Å². The Bertz CT molecular complexity index is 889. The normalized spacial score (nSPS) is 10.3. The van der Waals surface area contributed by atoms with E-state index in [1.165, 1.54) is 11.1 Å². The Labute approximate surface area is 141 Å². The first kappa shape index (κ1) is 15.3. The van der Waals surface area contributed by atoms with Gasteiger partial charge in [0.1, 0.15) is 11.2 Å². The van der Waals surface area contributed by atoms with Gasteiger partial charge in [0, 0.05) is 11.1 Å². The Balaban J connectivity index is 2.20. The molecule has 0 aliphatic carbocycles. The molecular weight excluding hydrogens is 304 g/mol. The van der Waals surface area contributed by atoms with Crippen LogP contribution in [0.1, 0.15) is 16.7 Å². The van der Waals surface area contributed by atoms with Crippen molar-refractivity contribution in [3.05, 3.63) is 76.4 Å². The van der Waals surface area contributed by atoms with Gasteiger partial charge in [-0.2, -0.15) is 5.26 Å². The summed E-state index contributed by atoms with van der Waals surface area (Å²) in [6.07, 6.45) is 0. The standard InChI is InChI=1S/C20H15ClN2/c1-13-3-7-15(8-4-13)17-11-19(23-20(21)18(17)12-22)16-9-5-14(2)6-10-16/h3-11H,1-2H3. The van der Waals surface area contributed by atoms with Crippen molar-refractivity contribution in [3.63, 3.8) is 0 Å². The molecule has 112 valence electrons. The summed E-state index contributed by atoms with van der Waals surface area (Å²) in [5.74, 6) is 0. The van der Waals surface area contributed by atoms with Gasteiger partial charge in [-0.15, -0.1) is 0 Å². The first-order valence-electron chi connectivity index (χ1n) is 7.33. The van der Waals surface area contributed by atoms with Crippen LogP contribution in [-0.4, -0.2) is 4.98 Å². The predicted molar refractivity (Wildman–Crippen MR) is 94.3 cm³/mol. The van der Waals surface area contributed by atoms with E-state index in [-0.39, 0.29) is 5.15 Å². The zero-order valence-corrected chi connectivity index (χ0v) is 13.7. The number of aryl methyl sites for hydroxylation is 2. The van der Waals surface area contributed by atoms with Crippen molar-refractivity contribution in [3.8, 4) is 28.5 Å².